The second kappa shape index (κ2) is 5.15. The number of nitrogens with two attached hydrogens (primary N) is 1. The molecule has 1 fully saturated rings. The summed E-state index contributed by atoms with van der Waals surface area (Å²) in [5, 5.41) is 3.05. The maximum atomic E-state index is 12.2. The quantitative estimate of drug-likeness (QED) is 0.739. The van der Waals surface area contributed by atoms with E-state index in [1.165, 1.54) is 0 Å². The van der Waals surface area contributed by atoms with E-state index in [1.54, 1.807) is 7.11 Å². The van der Waals surface area contributed by atoms with Gasteiger partial charge in [0, 0.05) is 13.7 Å². The van der Waals surface area contributed by atoms with Crippen LogP contribution >= 0.6 is 0 Å². The highest BCUT2D eigenvalue weighted by Crippen LogP contribution is 2.37. The minimum Gasteiger partial charge on any atom is -0.382 e. The Morgan fingerprint density at radius 2 is 2.00 bits per heavy atom. The van der Waals surface area contributed by atoms with Crippen molar-refractivity contribution in [1.29, 1.82) is 0 Å². The summed E-state index contributed by atoms with van der Waals surface area (Å²) < 4.78 is 5.09. The van der Waals surface area contributed by atoms with Crippen LogP contribution in [0.4, 0.5) is 0 Å². The maximum Gasteiger partial charge on any atom is 0.227 e. The Morgan fingerprint density at radius 3 is 2.44 bits per heavy atom. The van der Waals surface area contributed by atoms with Crippen LogP contribution in [0.2, 0.25) is 0 Å². The van der Waals surface area contributed by atoms with Crippen molar-refractivity contribution < 1.29 is 9.53 Å². The fraction of sp³-hybridized carbons (Fsp3) is 0.917. The molecule has 1 aliphatic carbocycles. The lowest BCUT2D eigenvalue weighted by molar-refractivity contribution is -0.132. The van der Waals surface area contributed by atoms with Crippen LogP contribution in [0.1, 0.15) is 39.5 Å². The molecular formula is C12H24N2O2. The van der Waals surface area contributed by atoms with E-state index >= 15 is 0 Å². The minimum atomic E-state index is -0.328. The van der Waals surface area contributed by atoms with E-state index in [0.717, 1.165) is 25.7 Å². The van der Waals surface area contributed by atoms with Crippen molar-refractivity contribution in [1.82, 2.24) is 5.32 Å². The Labute approximate surface area is 97.9 Å². The maximum absolute atomic E-state index is 12.2. The first-order chi connectivity index (χ1) is 7.46. The van der Waals surface area contributed by atoms with Crippen LogP contribution in [0, 0.1) is 5.41 Å². The van der Waals surface area contributed by atoms with Gasteiger partial charge in [-0.05, 0) is 26.7 Å². The monoisotopic (exact) mass is 228 g/mol. The zero-order valence-corrected chi connectivity index (χ0v) is 10.6. The molecule has 0 saturated heterocycles. The summed E-state index contributed by atoms with van der Waals surface area (Å²) >= 11 is 0. The standard InChI is InChI=1S/C12H24N2O2/c1-11(2,9-16-3)14-10(15)12(8-13)6-4-5-7-12/h4-9,13H2,1-3H3,(H,14,15). The lowest BCUT2D eigenvalue weighted by atomic mass is 9.84. The van der Waals surface area contributed by atoms with Crippen LogP contribution < -0.4 is 11.1 Å². The van der Waals surface area contributed by atoms with Crippen molar-refractivity contribution >= 4 is 5.91 Å². The van der Waals surface area contributed by atoms with E-state index < -0.39 is 0 Å². The summed E-state index contributed by atoms with van der Waals surface area (Å²) in [6, 6.07) is 0. The molecule has 0 aromatic carbocycles. The van der Waals surface area contributed by atoms with Gasteiger partial charge in [0.25, 0.3) is 0 Å². The van der Waals surface area contributed by atoms with Crippen molar-refractivity contribution in [3.63, 3.8) is 0 Å². The van der Waals surface area contributed by atoms with Crippen molar-refractivity contribution in [2.24, 2.45) is 11.1 Å². The summed E-state index contributed by atoms with van der Waals surface area (Å²) in [6.45, 7) is 4.89. The van der Waals surface area contributed by atoms with Gasteiger partial charge in [-0.1, -0.05) is 12.8 Å². The van der Waals surface area contributed by atoms with E-state index in [0.29, 0.717) is 13.2 Å². The van der Waals surface area contributed by atoms with Gasteiger partial charge in [0.2, 0.25) is 5.91 Å². The molecule has 0 radical (unpaired) electrons. The number of carbonyl (C=O) groups excluding carboxylic acids is 1. The molecule has 1 aliphatic rings. The molecule has 16 heavy (non-hydrogen) atoms. The normalized spacial score (nSPS) is 19.8. The Bertz CT molecular complexity index is 245. The molecule has 1 rings (SSSR count). The Balaban J connectivity index is 2.63. The van der Waals surface area contributed by atoms with Gasteiger partial charge >= 0.3 is 0 Å². The first kappa shape index (κ1) is 13.5. The molecule has 0 atom stereocenters. The Hall–Kier alpha value is -0.610. The highest BCUT2D eigenvalue weighted by atomic mass is 16.5. The smallest absolute Gasteiger partial charge is 0.227 e. The van der Waals surface area contributed by atoms with Gasteiger partial charge in [-0.2, -0.15) is 0 Å². The number of methoxy groups -OCH3 is 1. The summed E-state index contributed by atoms with van der Waals surface area (Å²) in [4.78, 5) is 12.2. The van der Waals surface area contributed by atoms with Crippen molar-refractivity contribution in [2.75, 3.05) is 20.3 Å². The van der Waals surface area contributed by atoms with Gasteiger partial charge in [0.1, 0.15) is 0 Å². The van der Waals surface area contributed by atoms with Crippen molar-refractivity contribution in [3.05, 3.63) is 0 Å². The topological polar surface area (TPSA) is 64.3 Å². The molecule has 0 bridgehead atoms. The average Bonchev–Trinajstić information content (AvgIpc) is 2.66. The number of ether oxygens (including phenoxy) is 1. The molecule has 4 nitrogen and oxygen atoms in total. The zero-order chi connectivity index (χ0) is 12.2. The van der Waals surface area contributed by atoms with Gasteiger partial charge in [-0.15, -0.1) is 0 Å². The lowest BCUT2D eigenvalue weighted by Gasteiger charge is -2.32. The number of hydrogen-bond acceptors (Lipinski definition) is 3. The van der Waals surface area contributed by atoms with Gasteiger partial charge in [-0.3, -0.25) is 4.79 Å². The predicted octanol–water partition coefficient (Wildman–Crippen LogP) is 1.05. The van der Waals surface area contributed by atoms with Crippen molar-refractivity contribution in [3.8, 4) is 0 Å². The van der Waals surface area contributed by atoms with E-state index in [1.807, 2.05) is 13.8 Å². The zero-order valence-electron chi connectivity index (χ0n) is 10.6. The Kier molecular flexibility index (Phi) is 4.33. The van der Waals surface area contributed by atoms with Crippen LogP contribution in [-0.4, -0.2) is 31.7 Å². The molecule has 4 heteroatoms. The number of hydrogen-bond donors (Lipinski definition) is 2. The van der Waals surface area contributed by atoms with Gasteiger partial charge in [0.05, 0.1) is 17.6 Å². The largest absolute Gasteiger partial charge is 0.382 e. The van der Waals surface area contributed by atoms with Gasteiger partial charge < -0.3 is 15.8 Å². The SMILES string of the molecule is COCC(C)(C)NC(=O)C1(CN)CCCC1. The predicted molar refractivity (Wildman–Crippen MR) is 64.1 cm³/mol. The number of carbonyl (C=O) groups is 1. The Morgan fingerprint density at radius 1 is 1.44 bits per heavy atom. The number of nitrogens with one attached hydrogen (secondary N) is 1. The molecular weight excluding hydrogens is 204 g/mol. The lowest BCUT2D eigenvalue weighted by Crippen LogP contribution is -2.54. The second-order valence-corrected chi connectivity index (χ2v) is 5.46. The third kappa shape index (κ3) is 2.95. The van der Waals surface area contributed by atoms with Crippen molar-refractivity contribution in [2.45, 2.75) is 45.1 Å². The number of amides is 1. The third-order valence-electron chi connectivity index (χ3n) is 3.39. The molecule has 1 saturated carbocycles. The molecule has 1 amide bonds. The molecule has 0 heterocycles. The average molecular weight is 228 g/mol. The summed E-state index contributed by atoms with van der Waals surface area (Å²) in [7, 11) is 1.64. The third-order valence-corrected chi connectivity index (χ3v) is 3.39. The van der Waals surface area contributed by atoms with Gasteiger partial charge in [-0.25, -0.2) is 0 Å². The van der Waals surface area contributed by atoms with Crippen LogP contribution in [0.3, 0.4) is 0 Å². The molecule has 0 aliphatic heterocycles. The van der Waals surface area contributed by atoms with E-state index in [2.05, 4.69) is 5.32 Å². The fourth-order valence-electron chi connectivity index (χ4n) is 2.41. The number of rotatable bonds is 5. The summed E-state index contributed by atoms with van der Waals surface area (Å²) in [6.07, 6.45) is 4.04. The minimum absolute atomic E-state index is 0.0922. The van der Waals surface area contributed by atoms with Crippen LogP contribution in [0.15, 0.2) is 0 Å². The second-order valence-electron chi connectivity index (χ2n) is 5.46. The fourth-order valence-corrected chi connectivity index (χ4v) is 2.41. The highest BCUT2D eigenvalue weighted by molar-refractivity contribution is 5.83. The molecule has 0 aromatic rings. The molecule has 0 spiro atoms. The highest BCUT2D eigenvalue weighted by Gasteiger charge is 2.41. The molecule has 0 aromatic heterocycles. The summed E-state index contributed by atoms with van der Waals surface area (Å²) in [5.74, 6) is 0.0922. The van der Waals surface area contributed by atoms with Crippen LogP contribution in [-0.2, 0) is 9.53 Å². The van der Waals surface area contributed by atoms with E-state index in [-0.39, 0.29) is 16.9 Å². The van der Waals surface area contributed by atoms with Gasteiger partial charge in [0.15, 0.2) is 0 Å². The van der Waals surface area contributed by atoms with Crippen LogP contribution in [0.5, 0.6) is 0 Å². The van der Waals surface area contributed by atoms with E-state index in [4.69, 9.17) is 10.5 Å². The van der Waals surface area contributed by atoms with E-state index in [9.17, 15) is 4.79 Å². The first-order valence-electron chi connectivity index (χ1n) is 5.97. The molecule has 94 valence electrons. The molecule has 0 unspecified atom stereocenters. The first-order valence-corrected chi connectivity index (χ1v) is 5.97. The summed E-state index contributed by atoms with van der Waals surface area (Å²) in [5.41, 5.74) is 5.12. The van der Waals surface area contributed by atoms with Crippen LogP contribution in [0.25, 0.3) is 0 Å². The molecule has 3 N–H and O–H groups in total.